The van der Waals surface area contributed by atoms with E-state index in [0.29, 0.717) is 5.69 Å². The lowest BCUT2D eigenvalue weighted by Gasteiger charge is -2.18. The molecular formula is C23H22ClF2N4O. The second-order valence-corrected chi connectivity index (χ2v) is 7.84. The number of aromatic nitrogens is 2. The van der Waals surface area contributed by atoms with E-state index >= 15 is 0 Å². The Labute approximate surface area is 184 Å². The third-order valence-corrected chi connectivity index (χ3v) is 5.58. The first-order chi connectivity index (χ1) is 14.9. The summed E-state index contributed by atoms with van der Waals surface area (Å²) in [6.07, 6.45) is 3.03. The van der Waals surface area contributed by atoms with Crippen LogP contribution >= 0.6 is 11.6 Å². The molecule has 1 aliphatic heterocycles. The van der Waals surface area contributed by atoms with Gasteiger partial charge in [-0.2, -0.15) is 0 Å². The fourth-order valence-corrected chi connectivity index (χ4v) is 3.92. The Morgan fingerprint density at radius 1 is 1.16 bits per heavy atom. The molecule has 0 amide bonds. The van der Waals surface area contributed by atoms with Gasteiger partial charge in [-0.25, -0.2) is 18.7 Å². The molecule has 1 radical (unpaired) electrons. The first-order valence-corrected chi connectivity index (χ1v) is 10.4. The minimum atomic E-state index is -0.926. The number of hydrogen-bond acceptors (Lipinski definition) is 5. The number of rotatable bonds is 6. The van der Waals surface area contributed by atoms with Crippen molar-refractivity contribution in [2.24, 2.45) is 0 Å². The first kappa shape index (κ1) is 21.5. The summed E-state index contributed by atoms with van der Waals surface area (Å²) in [5, 5.41) is -0.333. The smallest absolute Gasteiger partial charge is 0.258 e. The van der Waals surface area contributed by atoms with Crippen molar-refractivity contribution < 1.29 is 13.5 Å². The molecule has 0 aliphatic carbocycles. The number of nitrogen functional groups attached to an aromatic ring is 1. The van der Waals surface area contributed by atoms with E-state index < -0.39 is 17.7 Å². The molecular weight excluding hydrogens is 422 g/mol. The lowest BCUT2D eigenvalue weighted by Crippen LogP contribution is -2.16. The molecule has 1 fully saturated rings. The number of halogens is 3. The van der Waals surface area contributed by atoms with Crippen LogP contribution in [0.25, 0.3) is 11.3 Å². The molecule has 2 N–H and O–H groups in total. The van der Waals surface area contributed by atoms with Gasteiger partial charge >= 0.3 is 0 Å². The second kappa shape index (κ2) is 9.16. The van der Waals surface area contributed by atoms with E-state index in [0.717, 1.165) is 36.3 Å². The molecule has 0 bridgehead atoms. The van der Waals surface area contributed by atoms with Crippen LogP contribution in [-0.2, 0) is 0 Å². The van der Waals surface area contributed by atoms with Crippen molar-refractivity contribution in [2.75, 3.05) is 18.8 Å². The maximum Gasteiger partial charge on any atom is 0.258 e. The van der Waals surface area contributed by atoms with Gasteiger partial charge in [0.1, 0.15) is 17.7 Å². The zero-order valence-electron chi connectivity index (χ0n) is 17.0. The van der Waals surface area contributed by atoms with Crippen LogP contribution < -0.4 is 10.5 Å². The maximum absolute atomic E-state index is 14.2. The Hall–Kier alpha value is -2.77. The summed E-state index contributed by atoms with van der Waals surface area (Å²) in [5.41, 5.74) is 8.28. The summed E-state index contributed by atoms with van der Waals surface area (Å²) in [5.74, 6) is -1.33. The molecule has 3 aromatic rings. The lowest BCUT2D eigenvalue weighted by molar-refractivity contribution is 0.213. The van der Waals surface area contributed by atoms with Crippen molar-refractivity contribution in [1.29, 1.82) is 0 Å². The van der Waals surface area contributed by atoms with E-state index in [4.69, 9.17) is 22.1 Å². The summed E-state index contributed by atoms with van der Waals surface area (Å²) in [6.45, 7) is 5.79. The van der Waals surface area contributed by atoms with Crippen LogP contribution in [0.1, 0.15) is 37.0 Å². The van der Waals surface area contributed by atoms with Gasteiger partial charge in [0.05, 0.1) is 23.5 Å². The second-order valence-electron chi connectivity index (χ2n) is 7.46. The number of hydrogen-bond donors (Lipinski definition) is 1. The van der Waals surface area contributed by atoms with Gasteiger partial charge in [0.2, 0.25) is 0 Å². The number of nitrogens with two attached hydrogens (primary N) is 1. The van der Waals surface area contributed by atoms with E-state index in [9.17, 15) is 8.78 Å². The van der Waals surface area contributed by atoms with Gasteiger partial charge in [-0.05, 0) is 56.6 Å². The summed E-state index contributed by atoms with van der Waals surface area (Å²) >= 11 is 5.94. The van der Waals surface area contributed by atoms with E-state index in [1.807, 2.05) is 24.3 Å². The molecule has 0 spiro atoms. The number of ether oxygens (including phenoxy) is 1. The van der Waals surface area contributed by atoms with Crippen LogP contribution in [0.5, 0.6) is 5.88 Å². The topological polar surface area (TPSA) is 64.3 Å². The highest BCUT2D eigenvalue weighted by atomic mass is 35.5. The van der Waals surface area contributed by atoms with Gasteiger partial charge in [0, 0.05) is 11.1 Å². The molecule has 0 unspecified atom stereocenters. The van der Waals surface area contributed by atoms with E-state index in [-0.39, 0.29) is 22.3 Å². The largest absolute Gasteiger partial charge is 0.467 e. The molecule has 1 aromatic heterocycles. The molecule has 0 saturated carbocycles. The van der Waals surface area contributed by atoms with Crippen molar-refractivity contribution in [3.05, 3.63) is 76.9 Å². The van der Waals surface area contributed by atoms with Gasteiger partial charge in [0.15, 0.2) is 5.82 Å². The fourth-order valence-electron chi connectivity index (χ4n) is 3.61. The average Bonchev–Trinajstić information content (AvgIpc) is 3.26. The third kappa shape index (κ3) is 4.78. The molecule has 4 rings (SSSR count). The van der Waals surface area contributed by atoms with Crippen LogP contribution in [0, 0.1) is 18.2 Å². The van der Waals surface area contributed by atoms with Gasteiger partial charge in [-0.1, -0.05) is 29.8 Å². The zero-order valence-corrected chi connectivity index (χ0v) is 17.7. The number of likely N-dealkylation sites (tertiary alicyclic amines) is 1. The van der Waals surface area contributed by atoms with Crippen molar-refractivity contribution in [2.45, 2.75) is 25.9 Å². The highest BCUT2D eigenvalue weighted by Gasteiger charge is 2.22. The summed E-state index contributed by atoms with van der Waals surface area (Å²) in [6, 6.07) is 9.87. The molecule has 2 aromatic carbocycles. The maximum atomic E-state index is 14.2. The van der Waals surface area contributed by atoms with Crippen molar-refractivity contribution in [3.63, 3.8) is 0 Å². The Kier molecular flexibility index (Phi) is 6.34. The van der Waals surface area contributed by atoms with Crippen LogP contribution in [0.4, 0.5) is 14.6 Å². The molecule has 1 atom stereocenters. The van der Waals surface area contributed by atoms with E-state index in [2.05, 4.69) is 21.4 Å². The quantitative estimate of drug-likeness (QED) is 0.516. The van der Waals surface area contributed by atoms with Gasteiger partial charge in [0.25, 0.3) is 5.88 Å². The predicted molar refractivity (Wildman–Crippen MR) is 117 cm³/mol. The van der Waals surface area contributed by atoms with Gasteiger partial charge in [-0.15, -0.1) is 0 Å². The lowest BCUT2D eigenvalue weighted by atomic mass is 10.1. The van der Waals surface area contributed by atoms with Crippen molar-refractivity contribution in [3.8, 4) is 17.1 Å². The molecule has 31 heavy (non-hydrogen) atoms. The molecule has 1 saturated heterocycles. The minimum Gasteiger partial charge on any atom is -0.467 e. The Morgan fingerprint density at radius 3 is 2.68 bits per heavy atom. The fraction of sp³-hybridized carbons (Fsp3) is 0.261. The molecule has 5 nitrogen and oxygen atoms in total. The predicted octanol–water partition coefficient (Wildman–Crippen LogP) is 5.40. The monoisotopic (exact) mass is 443 g/mol. The van der Waals surface area contributed by atoms with Crippen molar-refractivity contribution in [1.82, 2.24) is 14.9 Å². The van der Waals surface area contributed by atoms with Crippen LogP contribution in [0.3, 0.4) is 0 Å². The van der Waals surface area contributed by atoms with Gasteiger partial charge in [-0.3, -0.25) is 4.90 Å². The van der Waals surface area contributed by atoms with Gasteiger partial charge < -0.3 is 10.5 Å². The highest BCUT2D eigenvalue weighted by molar-refractivity contribution is 6.31. The first-order valence-electron chi connectivity index (χ1n) is 10.0. The normalized spacial score (nSPS) is 15.2. The average molecular weight is 444 g/mol. The van der Waals surface area contributed by atoms with Crippen molar-refractivity contribution >= 4 is 17.4 Å². The summed E-state index contributed by atoms with van der Waals surface area (Å²) < 4.78 is 33.8. The third-order valence-electron chi connectivity index (χ3n) is 5.20. The van der Waals surface area contributed by atoms with Crippen LogP contribution in [-0.4, -0.2) is 28.0 Å². The zero-order chi connectivity index (χ0) is 22.0. The molecule has 1 aliphatic rings. The molecule has 2 heterocycles. The number of nitrogens with zero attached hydrogens (tertiary/aromatic N) is 3. The summed E-state index contributed by atoms with van der Waals surface area (Å²) in [7, 11) is 0. The van der Waals surface area contributed by atoms with Crippen LogP contribution in [0.15, 0.2) is 42.6 Å². The summed E-state index contributed by atoms with van der Waals surface area (Å²) in [4.78, 5) is 10.9. The van der Waals surface area contributed by atoms with E-state index in [1.165, 1.54) is 12.8 Å². The Morgan fingerprint density at radius 2 is 1.90 bits per heavy atom. The Balaban J connectivity index is 1.59. The molecule has 161 valence electrons. The Bertz CT molecular complexity index is 1090. The highest BCUT2D eigenvalue weighted by Crippen LogP contribution is 2.33. The standard InChI is InChI=1S/C23H22ClF2N4O/c1-14(20-17(25)7-8-18(26)21(20)24)31-23-22(27)28-12-19(29-23)16-6-4-5-15(11-16)13-30-9-2-3-10-30/h4-8,11-14H,2-3,9-10H2,1H3,(H2,27,28)/t14-/m0/s1. The minimum absolute atomic E-state index is 0.0265. The van der Waals surface area contributed by atoms with Crippen LogP contribution in [0.2, 0.25) is 5.02 Å². The van der Waals surface area contributed by atoms with E-state index in [1.54, 1.807) is 13.1 Å². The number of benzene rings is 2. The SMILES string of the molecule is C[C@H](Oc1nc(-c2cccc([CH]N3CCCC3)c2)cnc1N)c1c(F)ccc(F)c1Cl. The number of anilines is 1. The molecule has 8 heteroatoms.